The monoisotopic (exact) mass is 271 g/mol. The van der Waals surface area contributed by atoms with Crippen molar-refractivity contribution in [2.75, 3.05) is 20.8 Å². The van der Waals surface area contributed by atoms with Gasteiger partial charge in [-0.05, 0) is 37.2 Å². The molecule has 0 aromatic heterocycles. The quantitative estimate of drug-likeness (QED) is 0.874. The van der Waals surface area contributed by atoms with Crippen molar-refractivity contribution in [3.05, 3.63) is 59.7 Å². The predicted molar refractivity (Wildman–Crippen MR) is 81.5 cm³/mol. The van der Waals surface area contributed by atoms with E-state index in [0.717, 1.165) is 17.1 Å². The first-order valence-corrected chi connectivity index (χ1v) is 6.74. The second-order valence-electron chi connectivity index (χ2n) is 4.72. The molecule has 0 saturated heterocycles. The molecule has 0 bridgehead atoms. The van der Waals surface area contributed by atoms with Crippen LogP contribution in [0.5, 0.6) is 11.5 Å². The molecule has 1 N–H and O–H groups in total. The van der Waals surface area contributed by atoms with Crippen LogP contribution in [-0.4, -0.2) is 20.8 Å². The van der Waals surface area contributed by atoms with E-state index < -0.39 is 0 Å². The Hall–Kier alpha value is -2.00. The van der Waals surface area contributed by atoms with Gasteiger partial charge in [-0.2, -0.15) is 0 Å². The highest BCUT2D eigenvalue weighted by Gasteiger charge is 2.11. The van der Waals surface area contributed by atoms with Gasteiger partial charge in [-0.15, -0.1) is 0 Å². The maximum Gasteiger partial charge on any atom is 0.161 e. The lowest BCUT2D eigenvalue weighted by Gasteiger charge is -2.18. The summed E-state index contributed by atoms with van der Waals surface area (Å²) in [5.41, 5.74) is 2.36. The minimum atomic E-state index is 0.155. The number of hydrogen-bond donors (Lipinski definition) is 1. The molecule has 0 amide bonds. The van der Waals surface area contributed by atoms with Gasteiger partial charge < -0.3 is 14.8 Å². The van der Waals surface area contributed by atoms with Gasteiger partial charge in [0.1, 0.15) is 6.61 Å². The largest absolute Gasteiger partial charge is 0.493 e. The standard InChI is InChI=1S/C17H21NO2/c1-13-9-10-16(17(11-13)19-3)20-12-15(18-2)14-7-5-4-6-8-14/h4-11,15,18H,12H2,1-3H3. The summed E-state index contributed by atoms with van der Waals surface area (Å²) >= 11 is 0. The van der Waals surface area contributed by atoms with Gasteiger partial charge >= 0.3 is 0 Å². The van der Waals surface area contributed by atoms with Crippen LogP contribution in [-0.2, 0) is 0 Å². The smallest absolute Gasteiger partial charge is 0.161 e. The molecule has 3 nitrogen and oxygen atoms in total. The molecular weight excluding hydrogens is 250 g/mol. The minimum absolute atomic E-state index is 0.155. The molecule has 0 fully saturated rings. The molecule has 20 heavy (non-hydrogen) atoms. The van der Waals surface area contributed by atoms with Gasteiger partial charge in [-0.1, -0.05) is 36.4 Å². The van der Waals surface area contributed by atoms with Gasteiger partial charge in [0, 0.05) is 0 Å². The summed E-state index contributed by atoms with van der Waals surface area (Å²) in [4.78, 5) is 0. The summed E-state index contributed by atoms with van der Waals surface area (Å²) in [6.07, 6.45) is 0. The number of benzene rings is 2. The van der Waals surface area contributed by atoms with E-state index in [9.17, 15) is 0 Å². The topological polar surface area (TPSA) is 30.5 Å². The molecule has 0 aliphatic heterocycles. The summed E-state index contributed by atoms with van der Waals surface area (Å²) in [6.45, 7) is 2.59. The van der Waals surface area contributed by atoms with Crippen molar-refractivity contribution in [3.63, 3.8) is 0 Å². The van der Waals surface area contributed by atoms with Crippen LogP contribution < -0.4 is 14.8 Å². The third kappa shape index (κ3) is 3.52. The zero-order valence-corrected chi connectivity index (χ0v) is 12.2. The fourth-order valence-corrected chi connectivity index (χ4v) is 2.10. The third-order valence-electron chi connectivity index (χ3n) is 3.28. The molecular formula is C17H21NO2. The highest BCUT2D eigenvalue weighted by molar-refractivity contribution is 5.42. The van der Waals surface area contributed by atoms with Gasteiger partial charge in [-0.3, -0.25) is 0 Å². The maximum absolute atomic E-state index is 5.90. The van der Waals surface area contributed by atoms with E-state index in [2.05, 4.69) is 17.4 Å². The first kappa shape index (κ1) is 14.4. The average molecular weight is 271 g/mol. The SMILES string of the molecule is CNC(COc1ccc(C)cc1OC)c1ccccc1. The van der Waals surface area contributed by atoms with Crippen LogP contribution in [0.3, 0.4) is 0 Å². The Kier molecular flexibility index (Phi) is 5.02. The molecule has 2 rings (SSSR count). The Morgan fingerprint density at radius 1 is 1.05 bits per heavy atom. The van der Waals surface area contributed by atoms with Gasteiger partial charge in [0.25, 0.3) is 0 Å². The van der Waals surface area contributed by atoms with Crippen LogP contribution in [0.2, 0.25) is 0 Å². The fourth-order valence-electron chi connectivity index (χ4n) is 2.10. The lowest BCUT2D eigenvalue weighted by atomic mass is 10.1. The summed E-state index contributed by atoms with van der Waals surface area (Å²) in [5.74, 6) is 1.54. The Morgan fingerprint density at radius 3 is 2.45 bits per heavy atom. The van der Waals surface area contributed by atoms with Crippen molar-refractivity contribution in [3.8, 4) is 11.5 Å². The van der Waals surface area contributed by atoms with E-state index in [1.165, 1.54) is 5.56 Å². The number of nitrogens with one attached hydrogen (secondary N) is 1. The van der Waals surface area contributed by atoms with E-state index in [1.54, 1.807) is 7.11 Å². The Balaban J connectivity index is 2.07. The molecule has 0 aliphatic rings. The summed E-state index contributed by atoms with van der Waals surface area (Å²) in [5, 5.41) is 3.27. The van der Waals surface area contributed by atoms with E-state index in [4.69, 9.17) is 9.47 Å². The van der Waals surface area contributed by atoms with Crippen LogP contribution in [0.25, 0.3) is 0 Å². The van der Waals surface area contributed by atoms with Crippen molar-refractivity contribution in [2.24, 2.45) is 0 Å². The Bertz CT molecular complexity index is 540. The lowest BCUT2D eigenvalue weighted by Crippen LogP contribution is -2.23. The molecule has 1 unspecified atom stereocenters. The van der Waals surface area contributed by atoms with Crippen molar-refractivity contribution in [2.45, 2.75) is 13.0 Å². The normalized spacial score (nSPS) is 11.9. The Morgan fingerprint density at radius 2 is 1.80 bits per heavy atom. The molecule has 106 valence electrons. The minimum Gasteiger partial charge on any atom is -0.493 e. The Labute approximate surface area is 120 Å². The number of aryl methyl sites for hydroxylation is 1. The average Bonchev–Trinajstić information content (AvgIpc) is 2.50. The van der Waals surface area contributed by atoms with Crippen molar-refractivity contribution in [1.82, 2.24) is 5.32 Å². The number of methoxy groups -OCH3 is 1. The number of hydrogen-bond acceptors (Lipinski definition) is 3. The van der Waals surface area contributed by atoms with Crippen LogP contribution in [0.4, 0.5) is 0 Å². The van der Waals surface area contributed by atoms with Crippen LogP contribution in [0.1, 0.15) is 17.2 Å². The van der Waals surface area contributed by atoms with Crippen LogP contribution in [0, 0.1) is 6.92 Å². The van der Waals surface area contributed by atoms with E-state index in [-0.39, 0.29) is 6.04 Å². The molecule has 3 heteroatoms. The van der Waals surface area contributed by atoms with Gasteiger partial charge in [-0.25, -0.2) is 0 Å². The molecule has 0 saturated carbocycles. The van der Waals surface area contributed by atoms with Crippen LogP contribution >= 0.6 is 0 Å². The van der Waals surface area contributed by atoms with Crippen molar-refractivity contribution < 1.29 is 9.47 Å². The van der Waals surface area contributed by atoms with E-state index in [1.807, 2.05) is 50.4 Å². The molecule has 2 aromatic carbocycles. The summed E-state index contributed by atoms with van der Waals surface area (Å²) < 4.78 is 11.3. The van der Waals surface area contributed by atoms with E-state index >= 15 is 0 Å². The second-order valence-corrected chi connectivity index (χ2v) is 4.72. The summed E-state index contributed by atoms with van der Waals surface area (Å²) in [7, 11) is 3.60. The lowest BCUT2D eigenvalue weighted by molar-refractivity contribution is 0.259. The maximum atomic E-state index is 5.90. The molecule has 0 radical (unpaired) electrons. The fraction of sp³-hybridized carbons (Fsp3) is 0.294. The summed E-state index contributed by atoms with van der Waals surface area (Å²) in [6, 6.07) is 16.4. The van der Waals surface area contributed by atoms with Gasteiger partial charge in [0.2, 0.25) is 0 Å². The molecule has 0 aliphatic carbocycles. The van der Waals surface area contributed by atoms with Gasteiger partial charge in [0.15, 0.2) is 11.5 Å². The number of rotatable bonds is 6. The third-order valence-corrected chi connectivity index (χ3v) is 3.28. The molecule has 1 atom stereocenters. The second kappa shape index (κ2) is 6.96. The van der Waals surface area contributed by atoms with Gasteiger partial charge in [0.05, 0.1) is 13.2 Å². The van der Waals surface area contributed by atoms with Crippen molar-refractivity contribution in [1.29, 1.82) is 0 Å². The molecule has 2 aromatic rings. The predicted octanol–water partition coefficient (Wildman–Crippen LogP) is 3.34. The van der Waals surface area contributed by atoms with Crippen molar-refractivity contribution >= 4 is 0 Å². The van der Waals surface area contributed by atoms with Crippen LogP contribution in [0.15, 0.2) is 48.5 Å². The first-order chi connectivity index (χ1) is 9.74. The highest BCUT2D eigenvalue weighted by atomic mass is 16.5. The highest BCUT2D eigenvalue weighted by Crippen LogP contribution is 2.28. The zero-order chi connectivity index (χ0) is 14.4. The number of likely N-dealkylation sites (N-methyl/N-ethyl adjacent to an activating group) is 1. The molecule has 0 spiro atoms. The first-order valence-electron chi connectivity index (χ1n) is 6.74. The zero-order valence-electron chi connectivity index (χ0n) is 12.2. The van der Waals surface area contributed by atoms with E-state index in [0.29, 0.717) is 6.61 Å². The molecule has 0 heterocycles. The number of ether oxygens (including phenoxy) is 2.